The van der Waals surface area contributed by atoms with E-state index in [-0.39, 0.29) is 49.2 Å². The number of rotatable bonds is 9. The lowest BCUT2D eigenvalue weighted by Gasteiger charge is -2.26. The summed E-state index contributed by atoms with van der Waals surface area (Å²) >= 11 is 6.36. The fourth-order valence-corrected chi connectivity index (χ4v) is 4.58. The molecule has 3 N–H and O–H groups in total. The first-order valence-corrected chi connectivity index (χ1v) is 12.4. The maximum Gasteiger partial charge on any atom is 0.319 e. The van der Waals surface area contributed by atoms with Crippen molar-refractivity contribution in [1.29, 1.82) is 0 Å². The van der Waals surface area contributed by atoms with E-state index in [1.807, 2.05) is 24.3 Å². The lowest BCUT2D eigenvalue weighted by atomic mass is 9.79. The number of carbonyl (C=O) groups is 4. The van der Waals surface area contributed by atoms with Crippen molar-refractivity contribution in [3.05, 3.63) is 69.9 Å². The molecular weight excluding hydrogens is 480 g/mol. The SMILES string of the molecule is CNC(=O)C(CCC=O)N1Cc2cc(CNC(=O)NC3=CC(Cl)=CC(C)(C(C)C)C=C3)ccc2C1=O. The van der Waals surface area contributed by atoms with E-state index in [0.29, 0.717) is 22.2 Å². The minimum Gasteiger partial charge on any atom is -0.357 e. The summed E-state index contributed by atoms with van der Waals surface area (Å²) in [5.41, 5.74) is 2.49. The van der Waals surface area contributed by atoms with Gasteiger partial charge in [-0.25, -0.2) is 4.79 Å². The number of nitrogens with zero attached hydrogens (tertiary/aromatic N) is 1. The summed E-state index contributed by atoms with van der Waals surface area (Å²) in [5.74, 6) is -0.211. The van der Waals surface area contributed by atoms with Crippen molar-refractivity contribution >= 4 is 35.7 Å². The molecule has 0 radical (unpaired) electrons. The van der Waals surface area contributed by atoms with Crippen LogP contribution in [0.3, 0.4) is 0 Å². The normalized spacial score (nSPS) is 19.7. The third kappa shape index (κ3) is 6.23. The fourth-order valence-electron chi connectivity index (χ4n) is 4.23. The van der Waals surface area contributed by atoms with Crippen LogP contribution >= 0.6 is 11.6 Å². The van der Waals surface area contributed by atoms with Crippen LogP contribution in [0.25, 0.3) is 0 Å². The minimum absolute atomic E-state index is 0.186. The van der Waals surface area contributed by atoms with E-state index in [1.165, 1.54) is 11.9 Å². The van der Waals surface area contributed by atoms with Crippen molar-refractivity contribution in [1.82, 2.24) is 20.9 Å². The lowest BCUT2D eigenvalue weighted by molar-refractivity contribution is -0.125. The predicted octanol–water partition coefficient (Wildman–Crippen LogP) is 3.77. The second-order valence-electron chi connectivity index (χ2n) is 9.59. The largest absolute Gasteiger partial charge is 0.357 e. The zero-order valence-corrected chi connectivity index (χ0v) is 21.8. The molecule has 1 aromatic carbocycles. The molecule has 1 aromatic rings. The van der Waals surface area contributed by atoms with E-state index in [9.17, 15) is 19.2 Å². The number of urea groups is 1. The molecule has 36 heavy (non-hydrogen) atoms. The second-order valence-corrected chi connectivity index (χ2v) is 10.0. The van der Waals surface area contributed by atoms with Crippen LogP contribution in [-0.2, 0) is 22.7 Å². The Labute approximate surface area is 216 Å². The van der Waals surface area contributed by atoms with Crippen molar-refractivity contribution < 1.29 is 19.2 Å². The first-order chi connectivity index (χ1) is 17.1. The molecule has 0 spiro atoms. The topological polar surface area (TPSA) is 108 Å². The third-order valence-electron chi connectivity index (χ3n) is 6.80. The van der Waals surface area contributed by atoms with Crippen LogP contribution in [-0.4, -0.2) is 42.1 Å². The molecule has 1 aliphatic heterocycles. The van der Waals surface area contributed by atoms with Gasteiger partial charge in [0.2, 0.25) is 5.91 Å². The van der Waals surface area contributed by atoms with Crippen LogP contribution in [0.2, 0.25) is 0 Å². The second kappa shape index (κ2) is 11.6. The molecule has 2 unspecified atom stereocenters. The molecule has 0 saturated carbocycles. The predicted molar refractivity (Wildman–Crippen MR) is 139 cm³/mol. The average Bonchev–Trinajstić information content (AvgIpc) is 3.07. The molecule has 9 heteroatoms. The zero-order valence-electron chi connectivity index (χ0n) is 21.1. The van der Waals surface area contributed by atoms with Crippen LogP contribution < -0.4 is 16.0 Å². The van der Waals surface area contributed by atoms with Gasteiger partial charge in [-0.2, -0.15) is 0 Å². The summed E-state index contributed by atoms with van der Waals surface area (Å²) in [6, 6.07) is 4.25. The first kappa shape index (κ1) is 27.2. The van der Waals surface area contributed by atoms with Crippen molar-refractivity contribution in [2.24, 2.45) is 11.3 Å². The highest BCUT2D eigenvalue weighted by Crippen LogP contribution is 2.35. The third-order valence-corrected chi connectivity index (χ3v) is 7.02. The summed E-state index contributed by atoms with van der Waals surface area (Å²) in [5, 5.41) is 8.77. The highest BCUT2D eigenvalue weighted by Gasteiger charge is 2.35. The van der Waals surface area contributed by atoms with E-state index < -0.39 is 6.04 Å². The van der Waals surface area contributed by atoms with Gasteiger partial charge in [-0.05, 0) is 41.7 Å². The van der Waals surface area contributed by atoms with Gasteiger partial charge in [0.1, 0.15) is 12.3 Å². The first-order valence-electron chi connectivity index (χ1n) is 12.0. The Morgan fingerprint density at radius 2 is 2.03 bits per heavy atom. The Morgan fingerprint density at radius 1 is 1.28 bits per heavy atom. The van der Waals surface area contributed by atoms with E-state index >= 15 is 0 Å². The molecule has 2 atom stereocenters. The van der Waals surface area contributed by atoms with E-state index in [4.69, 9.17) is 11.6 Å². The Balaban J connectivity index is 1.63. The van der Waals surface area contributed by atoms with Gasteiger partial charge in [0.25, 0.3) is 5.91 Å². The van der Waals surface area contributed by atoms with Crippen molar-refractivity contribution in [3.8, 4) is 0 Å². The molecular formula is C27H33ClN4O4. The maximum atomic E-state index is 12.9. The van der Waals surface area contributed by atoms with Gasteiger partial charge in [0, 0.05) is 48.3 Å². The van der Waals surface area contributed by atoms with Crippen molar-refractivity contribution in [3.63, 3.8) is 0 Å². The van der Waals surface area contributed by atoms with Gasteiger partial charge >= 0.3 is 6.03 Å². The van der Waals surface area contributed by atoms with Crippen LogP contribution in [0.1, 0.15) is 55.1 Å². The van der Waals surface area contributed by atoms with Gasteiger partial charge in [0.15, 0.2) is 0 Å². The molecule has 0 aromatic heterocycles. The number of hydrogen-bond acceptors (Lipinski definition) is 4. The Bertz CT molecular complexity index is 1140. The molecule has 1 heterocycles. The van der Waals surface area contributed by atoms with Gasteiger partial charge in [-0.3, -0.25) is 9.59 Å². The molecule has 0 saturated heterocycles. The van der Waals surface area contributed by atoms with Crippen LogP contribution in [0.4, 0.5) is 4.79 Å². The quantitative estimate of drug-likeness (QED) is 0.438. The van der Waals surface area contributed by atoms with Crippen molar-refractivity contribution in [2.45, 2.75) is 52.7 Å². The maximum absolute atomic E-state index is 12.9. The monoisotopic (exact) mass is 512 g/mol. The summed E-state index contributed by atoms with van der Waals surface area (Å²) in [7, 11) is 1.51. The molecule has 2 aliphatic rings. The van der Waals surface area contributed by atoms with E-state index in [1.54, 1.807) is 18.2 Å². The standard InChI is InChI=1S/C27H33ClN4O4/c1-17(2)27(3)10-9-21(13-20(28)14-27)31-26(36)30-15-18-7-8-22-19(12-18)16-32(25(22)35)23(6-5-11-33)24(34)29-4/h7-14,17,23H,5-6,15-16H2,1-4H3,(H,29,34)(H2,30,31,36). The number of amides is 4. The van der Waals surface area contributed by atoms with Crippen LogP contribution in [0.15, 0.2) is 53.2 Å². The van der Waals surface area contributed by atoms with Crippen LogP contribution in [0, 0.1) is 11.3 Å². The highest BCUT2D eigenvalue weighted by atomic mass is 35.5. The number of aldehydes is 1. The number of carbonyl (C=O) groups excluding carboxylic acids is 4. The number of nitrogens with one attached hydrogen (secondary N) is 3. The molecule has 1 aliphatic carbocycles. The number of allylic oxidation sites excluding steroid dienone is 5. The average molecular weight is 513 g/mol. The molecule has 3 rings (SSSR count). The number of fused-ring (bicyclic) bond motifs is 1. The number of likely N-dealkylation sites (N-methyl/N-ethyl adjacent to an activating group) is 1. The Morgan fingerprint density at radius 3 is 2.69 bits per heavy atom. The van der Waals surface area contributed by atoms with Gasteiger partial charge < -0.3 is 25.6 Å². The van der Waals surface area contributed by atoms with E-state index in [0.717, 1.165) is 17.4 Å². The van der Waals surface area contributed by atoms with Crippen molar-refractivity contribution in [2.75, 3.05) is 7.05 Å². The van der Waals surface area contributed by atoms with Gasteiger partial charge in [-0.15, -0.1) is 0 Å². The molecule has 0 bridgehead atoms. The van der Waals surface area contributed by atoms with Crippen LogP contribution in [0.5, 0.6) is 0 Å². The highest BCUT2D eigenvalue weighted by molar-refractivity contribution is 6.31. The fraction of sp³-hybridized carbons (Fsp3) is 0.407. The smallest absolute Gasteiger partial charge is 0.319 e. The summed E-state index contributed by atoms with van der Waals surface area (Å²) in [6.45, 7) is 6.84. The number of halogens is 1. The molecule has 0 fully saturated rings. The minimum atomic E-state index is -0.716. The summed E-state index contributed by atoms with van der Waals surface area (Å²) in [4.78, 5) is 50.1. The lowest BCUT2D eigenvalue weighted by Crippen LogP contribution is -2.46. The summed E-state index contributed by atoms with van der Waals surface area (Å²) < 4.78 is 0. The zero-order chi connectivity index (χ0) is 26.5. The van der Waals surface area contributed by atoms with E-state index in [2.05, 4.69) is 36.7 Å². The molecule has 4 amide bonds. The molecule has 8 nitrogen and oxygen atoms in total. The molecule has 192 valence electrons. The Hall–Kier alpha value is -3.39. The van der Waals surface area contributed by atoms with Gasteiger partial charge in [0.05, 0.1) is 0 Å². The Kier molecular flexibility index (Phi) is 8.74. The number of hydrogen-bond donors (Lipinski definition) is 3. The number of benzene rings is 1. The van der Waals surface area contributed by atoms with Gasteiger partial charge in [-0.1, -0.05) is 56.7 Å². The summed E-state index contributed by atoms with van der Waals surface area (Å²) in [6.07, 6.45) is 8.77.